The SMILES string of the molecule is CCCN1CC(CC)CC(NC(=O)OC(C)(C)C)C1. The molecule has 0 aromatic heterocycles. The summed E-state index contributed by atoms with van der Waals surface area (Å²) in [5.74, 6) is 0.681. The highest BCUT2D eigenvalue weighted by Crippen LogP contribution is 2.20. The van der Waals surface area contributed by atoms with Crippen molar-refractivity contribution in [3.05, 3.63) is 0 Å². The van der Waals surface area contributed by atoms with Crippen molar-refractivity contribution in [2.75, 3.05) is 19.6 Å². The normalized spacial score (nSPS) is 25.1. The van der Waals surface area contributed by atoms with Crippen LogP contribution in [0.4, 0.5) is 4.79 Å². The summed E-state index contributed by atoms with van der Waals surface area (Å²) in [6, 6.07) is 0.222. The number of rotatable bonds is 4. The van der Waals surface area contributed by atoms with Crippen molar-refractivity contribution in [3.63, 3.8) is 0 Å². The van der Waals surface area contributed by atoms with Gasteiger partial charge in [0.2, 0.25) is 0 Å². The average Bonchev–Trinajstić information content (AvgIpc) is 2.26. The van der Waals surface area contributed by atoms with Gasteiger partial charge in [-0.25, -0.2) is 4.79 Å². The zero-order valence-electron chi connectivity index (χ0n) is 13.2. The van der Waals surface area contributed by atoms with Gasteiger partial charge in [-0.2, -0.15) is 0 Å². The lowest BCUT2D eigenvalue weighted by Crippen LogP contribution is -2.51. The van der Waals surface area contributed by atoms with Gasteiger partial charge in [-0.3, -0.25) is 0 Å². The Morgan fingerprint density at radius 2 is 2.00 bits per heavy atom. The number of likely N-dealkylation sites (tertiary alicyclic amines) is 1. The molecule has 112 valence electrons. The van der Waals surface area contributed by atoms with Gasteiger partial charge >= 0.3 is 6.09 Å². The highest BCUT2D eigenvalue weighted by Gasteiger charge is 2.28. The van der Waals surface area contributed by atoms with Crippen LogP contribution in [0.3, 0.4) is 0 Å². The van der Waals surface area contributed by atoms with Crippen molar-refractivity contribution < 1.29 is 9.53 Å². The molecule has 19 heavy (non-hydrogen) atoms. The van der Waals surface area contributed by atoms with Crippen LogP contribution in [0.15, 0.2) is 0 Å². The summed E-state index contributed by atoms with van der Waals surface area (Å²) in [6.45, 7) is 13.3. The van der Waals surface area contributed by atoms with E-state index in [9.17, 15) is 4.79 Å². The van der Waals surface area contributed by atoms with Gasteiger partial charge in [-0.05, 0) is 46.1 Å². The molecule has 1 rings (SSSR count). The molecule has 1 N–H and O–H groups in total. The van der Waals surface area contributed by atoms with Gasteiger partial charge in [0.15, 0.2) is 0 Å². The molecule has 0 spiro atoms. The highest BCUT2D eigenvalue weighted by atomic mass is 16.6. The molecule has 0 aromatic rings. The predicted molar refractivity (Wildman–Crippen MR) is 78.3 cm³/mol. The Morgan fingerprint density at radius 3 is 2.53 bits per heavy atom. The van der Waals surface area contributed by atoms with Gasteiger partial charge in [-0.15, -0.1) is 0 Å². The summed E-state index contributed by atoms with van der Waals surface area (Å²) < 4.78 is 5.34. The lowest BCUT2D eigenvalue weighted by Gasteiger charge is -2.37. The monoisotopic (exact) mass is 270 g/mol. The molecule has 0 radical (unpaired) electrons. The minimum atomic E-state index is -0.425. The van der Waals surface area contributed by atoms with E-state index < -0.39 is 5.60 Å². The summed E-state index contributed by atoms with van der Waals surface area (Å²) >= 11 is 0. The molecular formula is C15H30N2O2. The van der Waals surface area contributed by atoms with Crippen LogP contribution in [0.2, 0.25) is 0 Å². The van der Waals surface area contributed by atoms with Crippen molar-refractivity contribution in [1.29, 1.82) is 0 Å². The largest absolute Gasteiger partial charge is 0.444 e. The summed E-state index contributed by atoms with van der Waals surface area (Å²) in [4.78, 5) is 14.3. The molecule has 0 saturated carbocycles. The minimum Gasteiger partial charge on any atom is -0.444 e. The van der Waals surface area contributed by atoms with Crippen LogP contribution in [0.1, 0.15) is 53.9 Å². The van der Waals surface area contributed by atoms with Crippen molar-refractivity contribution in [2.24, 2.45) is 5.92 Å². The summed E-state index contributed by atoms with van der Waals surface area (Å²) in [6.07, 6.45) is 3.11. The first-order chi connectivity index (χ1) is 8.84. The number of alkyl carbamates (subject to hydrolysis) is 1. The number of piperidine rings is 1. The first kappa shape index (κ1) is 16.3. The molecule has 0 bridgehead atoms. The van der Waals surface area contributed by atoms with Crippen molar-refractivity contribution in [1.82, 2.24) is 10.2 Å². The summed E-state index contributed by atoms with van der Waals surface area (Å²) in [7, 11) is 0. The molecular weight excluding hydrogens is 240 g/mol. The maximum Gasteiger partial charge on any atom is 0.407 e. The van der Waals surface area contributed by atoms with Crippen molar-refractivity contribution in [3.8, 4) is 0 Å². The number of nitrogens with zero attached hydrogens (tertiary/aromatic N) is 1. The topological polar surface area (TPSA) is 41.6 Å². The number of amides is 1. The zero-order chi connectivity index (χ0) is 14.5. The standard InChI is InChI=1S/C15H30N2O2/c1-6-8-17-10-12(7-2)9-13(11-17)16-14(18)19-15(3,4)5/h12-13H,6-11H2,1-5H3,(H,16,18). The van der Waals surface area contributed by atoms with Gasteiger partial charge in [0.05, 0.1) is 0 Å². The Labute approximate surface area is 117 Å². The Hall–Kier alpha value is -0.770. The number of carbonyl (C=O) groups excluding carboxylic acids is 1. The number of ether oxygens (including phenoxy) is 1. The van der Waals surface area contributed by atoms with E-state index in [1.54, 1.807) is 0 Å². The van der Waals surface area contributed by atoms with Gasteiger partial charge in [-0.1, -0.05) is 20.3 Å². The van der Waals surface area contributed by atoms with E-state index in [0.717, 1.165) is 32.5 Å². The van der Waals surface area contributed by atoms with Crippen LogP contribution < -0.4 is 5.32 Å². The Morgan fingerprint density at radius 1 is 1.32 bits per heavy atom. The molecule has 2 unspecified atom stereocenters. The second-order valence-corrected chi connectivity index (χ2v) is 6.61. The van der Waals surface area contributed by atoms with Crippen molar-refractivity contribution in [2.45, 2.75) is 65.5 Å². The smallest absolute Gasteiger partial charge is 0.407 e. The third-order valence-electron chi connectivity index (χ3n) is 3.45. The second kappa shape index (κ2) is 7.13. The van der Waals surface area contributed by atoms with E-state index in [2.05, 4.69) is 24.1 Å². The number of nitrogens with one attached hydrogen (secondary N) is 1. The van der Waals surface area contributed by atoms with Crippen LogP contribution in [-0.2, 0) is 4.74 Å². The Balaban J connectivity index is 2.49. The van der Waals surface area contributed by atoms with Gasteiger partial charge in [0.25, 0.3) is 0 Å². The van der Waals surface area contributed by atoms with Crippen LogP contribution in [0.5, 0.6) is 0 Å². The Kier molecular flexibility index (Phi) is 6.11. The van der Waals surface area contributed by atoms with Crippen LogP contribution in [-0.4, -0.2) is 42.3 Å². The molecule has 4 nitrogen and oxygen atoms in total. The van der Waals surface area contributed by atoms with E-state index in [1.165, 1.54) is 6.42 Å². The molecule has 1 saturated heterocycles. The Bertz CT molecular complexity index is 286. The van der Waals surface area contributed by atoms with Gasteiger partial charge < -0.3 is 15.0 Å². The molecule has 1 fully saturated rings. The molecule has 0 aliphatic carbocycles. The molecule has 1 aliphatic heterocycles. The maximum absolute atomic E-state index is 11.8. The second-order valence-electron chi connectivity index (χ2n) is 6.61. The van der Waals surface area contributed by atoms with E-state index in [-0.39, 0.29) is 12.1 Å². The third-order valence-corrected chi connectivity index (χ3v) is 3.45. The predicted octanol–water partition coefficient (Wildman–Crippen LogP) is 3.02. The van der Waals surface area contributed by atoms with Gasteiger partial charge in [0.1, 0.15) is 5.60 Å². The van der Waals surface area contributed by atoms with Crippen molar-refractivity contribution >= 4 is 6.09 Å². The third kappa shape index (κ3) is 6.28. The van der Waals surface area contributed by atoms with E-state index in [1.807, 2.05) is 20.8 Å². The zero-order valence-corrected chi connectivity index (χ0v) is 13.2. The van der Waals surface area contributed by atoms with E-state index in [0.29, 0.717) is 5.92 Å². The van der Waals surface area contributed by atoms with Crippen LogP contribution in [0, 0.1) is 5.92 Å². The minimum absolute atomic E-state index is 0.222. The molecule has 1 heterocycles. The number of hydrogen-bond donors (Lipinski definition) is 1. The summed E-state index contributed by atoms with van der Waals surface area (Å²) in [5.41, 5.74) is -0.425. The fourth-order valence-corrected chi connectivity index (χ4v) is 2.68. The van der Waals surface area contributed by atoms with E-state index in [4.69, 9.17) is 4.74 Å². The van der Waals surface area contributed by atoms with E-state index >= 15 is 0 Å². The molecule has 1 aliphatic rings. The molecule has 0 aromatic carbocycles. The first-order valence-corrected chi connectivity index (χ1v) is 7.56. The highest BCUT2D eigenvalue weighted by molar-refractivity contribution is 5.68. The van der Waals surface area contributed by atoms with Crippen LogP contribution in [0.25, 0.3) is 0 Å². The van der Waals surface area contributed by atoms with Gasteiger partial charge in [0, 0.05) is 19.1 Å². The molecule has 4 heteroatoms. The number of carbonyl (C=O) groups is 1. The fraction of sp³-hybridized carbons (Fsp3) is 0.933. The molecule has 2 atom stereocenters. The maximum atomic E-state index is 11.8. The lowest BCUT2D eigenvalue weighted by molar-refractivity contribution is 0.0447. The fourth-order valence-electron chi connectivity index (χ4n) is 2.68. The number of hydrogen-bond acceptors (Lipinski definition) is 3. The first-order valence-electron chi connectivity index (χ1n) is 7.56. The molecule has 1 amide bonds. The summed E-state index contributed by atoms with van der Waals surface area (Å²) in [5, 5.41) is 3.03. The average molecular weight is 270 g/mol. The van der Waals surface area contributed by atoms with Crippen LogP contribution >= 0.6 is 0 Å². The lowest BCUT2D eigenvalue weighted by atomic mass is 9.92. The quantitative estimate of drug-likeness (QED) is 0.854.